The summed E-state index contributed by atoms with van der Waals surface area (Å²) in [6.07, 6.45) is 0. The number of hydrogen-bond acceptors (Lipinski definition) is 5. The molecule has 1 aromatic heterocycles. The molecule has 0 spiro atoms. The van der Waals surface area contributed by atoms with Crippen molar-refractivity contribution in [2.75, 3.05) is 6.79 Å². The number of halogens is 1. The molecule has 1 aromatic carbocycles. The minimum atomic E-state index is -1.02. The van der Waals surface area contributed by atoms with Gasteiger partial charge in [0.1, 0.15) is 0 Å². The SMILES string of the molecule is Cc1nc(C[S@@](=O)Cc2cc(Cl)c3c(c2)OCO3)cs1. The van der Waals surface area contributed by atoms with Crippen LogP contribution in [-0.2, 0) is 22.3 Å². The Morgan fingerprint density at radius 3 is 3.00 bits per heavy atom. The van der Waals surface area contributed by atoms with Crippen LogP contribution in [0.1, 0.15) is 16.3 Å². The van der Waals surface area contributed by atoms with E-state index in [1.165, 1.54) is 0 Å². The Morgan fingerprint density at radius 2 is 2.25 bits per heavy atom. The van der Waals surface area contributed by atoms with Crippen molar-refractivity contribution in [1.82, 2.24) is 4.98 Å². The maximum Gasteiger partial charge on any atom is 0.231 e. The van der Waals surface area contributed by atoms with Gasteiger partial charge in [0, 0.05) is 21.9 Å². The van der Waals surface area contributed by atoms with E-state index in [0.717, 1.165) is 16.3 Å². The first-order valence-electron chi connectivity index (χ1n) is 5.96. The van der Waals surface area contributed by atoms with Gasteiger partial charge in [-0.2, -0.15) is 0 Å². The van der Waals surface area contributed by atoms with Crippen LogP contribution in [0.4, 0.5) is 0 Å². The lowest BCUT2D eigenvalue weighted by Crippen LogP contribution is -2.00. The van der Waals surface area contributed by atoms with Gasteiger partial charge in [0.25, 0.3) is 0 Å². The highest BCUT2D eigenvalue weighted by Crippen LogP contribution is 2.40. The van der Waals surface area contributed by atoms with Crippen molar-refractivity contribution in [1.29, 1.82) is 0 Å². The quantitative estimate of drug-likeness (QED) is 0.863. The Hall–Kier alpha value is -1.11. The van der Waals surface area contributed by atoms with E-state index in [0.29, 0.717) is 28.0 Å². The minimum Gasteiger partial charge on any atom is -0.454 e. The third-order valence-corrected chi connectivity index (χ3v) is 5.17. The second-order valence-corrected chi connectivity index (χ2v) is 7.32. The molecule has 7 heteroatoms. The van der Waals surface area contributed by atoms with Gasteiger partial charge in [0.2, 0.25) is 6.79 Å². The van der Waals surface area contributed by atoms with Crippen molar-refractivity contribution in [3.63, 3.8) is 0 Å². The highest BCUT2D eigenvalue weighted by atomic mass is 35.5. The molecule has 1 aliphatic heterocycles. The second-order valence-electron chi connectivity index (χ2n) is 4.40. The van der Waals surface area contributed by atoms with Crippen LogP contribution < -0.4 is 9.47 Å². The number of fused-ring (bicyclic) bond motifs is 1. The second kappa shape index (κ2) is 5.71. The Kier molecular flexibility index (Phi) is 3.96. The smallest absolute Gasteiger partial charge is 0.231 e. The van der Waals surface area contributed by atoms with Gasteiger partial charge in [-0.3, -0.25) is 4.21 Å². The predicted molar refractivity (Wildman–Crippen MR) is 80.0 cm³/mol. The molecule has 20 heavy (non-hydrogen) atoms. The Morgan fingerprint density at radius 1 is 1.40 bits per heavy atom. The molecule has 1 atom stereocenters. The summed E-state index contributed by atoms with van der Waals surface area (Å²) < 4.78 is 22.7. The molecule has 0 saturated carbocycles. The Labute approximate surface area is 128 Å². The summed E-state index contributed by atoms with van der Waals surface area (Å²) in [6.45, 7) is 2.12. The summed E-state index contributed by atoms with van der Waals surface area (Å²) >= 11 is 7.68. The molecular weight excluding hydrogens is 318 g/mol. The van der Waals surface area contributed by atoms with Gasteiger partial charge in [0.05, 0.1) is 21.5 Å². The molecular formula is C13H12ClNO3S2. The largest absolute Gasteiger partial charge is 0.454 e. The third kappa shape index (κ3) is 2.97. The van der Waals surface area contributed by atoms with Crippen LogP contribution in [0.15, 0.2) is 17.5 Å². The predicted octanol–water partition coefficient (Wildman–Crippen LogP) is 3.28. The van der Waals surface area contributed by atoms with Gasteiger partial charge in [0.15, 0.2) is 11.5 Å². The molecule has 0 radical (unpaired) electrons. The summed E-state index contributed by atoms with van der Waals surface area (Å²) in [4.78, 5) is 4.32. The molecule has 0 fully saturated rings. The fraction of sp³-hybridized carbons (Fsp3) is 0.308. The molecule has 4 nitrogen and oxygen atoms in total. The van der Waals surface area contributed by atoms with E-state index in [1.807, 2.05) is 18.4 Å². The van der Waals surface area contributed by atoms with Crippen LogP contribution in [0.3, 0.4) is 0 Å². The Balaban J connectivity index is 1.71. The molecule has 0 bridgehead atoms. The van der Waals surface area contributed by atoms with E-state index in [4.69, 9.17) is 21.1 Å². The van der Waals surface area contributed by atoms with E-state index in [9.17, 15) is 4.21 Å². The highest BCUT2D eigenvalue weighted by molar-refractivity contribution is 7.83. The van der Waals surface area contributed by atoms with E-state index >= 15 is 0 Å². The lowest BCUT2D eigenvalue weighted by Gasteiger charge is -2.05. The zero-order valence-electron chi connectivity index (χ0n) is 10.7. The van der Waals surface area contributed by atoms with Crippen molar-refractivity contribution in [3.05, 3.63) is 38.8 Å². The summed E-state index contributed by atoms with van der Waals surface area (Å²) in [6, 6.07) is 3.61. The number of thiazole rings is 1. The van der Waals surface area contributed by atoms with Gasteiger partial charge in [-0.25, -0.2) is 4.98 Å². The molecule has 2 heterocycles. The zero-order chi connectivity index (χ0) is 14.1. The van der Waals surface area contributed by atoms with Gasteiger partial charge in [-0.1, -0.05) is 11.6 Å². The van der Waals surface area contributed by atoms with E-state index in [2.05, 4.69) is 4.98 Å². The van der Waals surface area contributed by atoms with Crippen molar-refractivity contribution < 1.29 is 13.7 Å². The van der Waals surface area contributed by atoms with E-state index in [1.54, 1.807) is 17.4 Å². The van der Waals surface area contributed by atoms with Gasteiger partial charge in [-0.15, -0.1) is 11.3 Å². The standard InChI is InChI=1S/C13H12ClNO3S2/c1-8-15-10(4-19-8)6-20(16)5-9-2-11(14)13-12(3-9)17-7-18-13/h2-4H,5-7H2,1H3/t20-/m0/s1. The first-order valence-corrected chi connectivity index (χ1v) is 8.70. The van der Waals surface area contributed by atoms with Crippen molar-refractivity contribution in [2.45, 2.75) is 18.4 Å². The average Bonchev–Trinajstić information content (AvgIpc) is 2.98. The Bertz CT molecular complexity index is 672. The number of ether oxygens (including phenoxy) is 2. The topological polar surface area (TPSA) is 48.4 Å². The van der Waals surface area contributed by atoms with Crippen LogP contribution in [0.5, 0.6) is 11.5 Å². The van der Waals surface area contributed by atoms with Gasteiger partial charge in [-0.05, 0) is 24.6 Å². The molecule has 0 saturated heterocycles. The van der Waals surface area contributed by atoms with Crippen molar-refractivity contribution >= 4 is 33.7 Å². The lowest BCUT2D eigenvalue weighted by atomic mass is 10.2. The van der Waals surface area contributed by atoms with Crippen LogP contribution >= 0.6 is 22.9 Å². The molecule has 1 aliphatic rings. The number of aryl methyl sites for hydroxylation is 1. The molecule has 3 rings (SSSR count). The van der Waals surface area contributed by atoms with E-state index < -0.39 is 10.8 Å². The third-order valence-electron chi connectivity index (χ3n) is 2.79. The fourth-order valence-electron chi connectivity index (χ4n) is 1.98. The van der Waals surface area contributed by atoms with Crippen LogP contribution in [0.25, 0.3) is 0 Å². The van der Waals surface area contributed by atoms with Crippen LogP contribution in [-0.4, -0.2) is 16.0 Å². The normalized spacial score (nSPS) is 14.5. The lowest BCUT2D eigenvalue weighted by molar-refractivity contribution is 0.174. The number of benzene rings is 1. The minimum absolute atomic E-state index is 0.180. The van der Waals surface area contributed by atoms with Crippen molar-refractivity contribution in [2.24, 2.45) is 0 Å². The van der Waals surface area contributed by atoms with Crippen molar-refractivity contribution in [3.8, 4) is 11.5 Å². The zero-order valence-corrected chi connectivity index (χ0v) is 13.1. The van der Waals surface area contributed by atoms with Crippen LogP contribution in [0, 0.1) is 6.92 Å². The van der Waals surface area contributed by atoms with Crippen LogP contribution in [0.2, 0.25) is 5.02 Å². The summed E-state index contributed by atoms with van der Waals surface area (Å²) in [5, 5.41) is 3.43. The summed E-state index contributed by atoms with van der Waals surface area (Å²) in [5.41, 5.74) is 1.75. The maximum absolute atomic E-state index is 12.2. The molecule has 0 aliphatic carbocycles. The molecule has 106 valence electrons. The molecule has 0 N–H and O–H groups in total. The number of aromatic nitrogens is 1. The molecule has 0 unspecified atom stereocenters. The number of hydrogen-bond donors (Lipinski definition) is 0. The highest BCUT2D eigenvalue weighted by Gasteiger charge is 2.19. The number of rotatable bonds is 4. The first kappa shape index (κ1) is 13.9. The molecule has 2 aromatic rings. The number of nitrogens with zero attached hydrogens (tertiary/aromatic N) is 1. The van der Waals surface area contributed by atoms with Gasteiger partial charge < -0.3 is 9.47 Å². The van der Waals surface area contributed by atoms with Gasteiger partial charge >= 0.3 is 0 Å². The monoisotopic (exact) mass is 329 g/mol. The first-order chi connectivity index (χ1) is 9.61. The molecule has 0 amide bonds. The fourth-order valence-corrected chi connectivity index (χ4v) is 4.10. The summed E-state index contributed by atoms with van der Waals surface area (Å²) in [5.74, 6) is 2.06. The summed E-state index contributed by atoms with van der Waals surface area (Å²) in [7, 11) is -1.02. The maximum atomic E-state index is 12.2. The average molecular weight is 330 g/mol. The van der Waals surface area contributed by atoms with E-state index in [-0.39, 0.29) is 6.79 Å².